The zero-order valence-corrected chi connectivity index (χ0v) is 19.8. The van der Waals surface area contributed by atoms with E-state index in [1.165, 1.54) is 0 Å². The first kappa shape index (κ1) is 22.3. The lowest BCUT2D eigenvalue weighted by molar-refractivity contribution is 0.135. The summed E-state index contributed by atoms with van der Waals surface area (Å²) >= 11 is 0. The Balaban J connectivity index is 1.71. The van der Waals surface area contributed by atoms with Gasteiger partial charge in [-0.15, -0.1) is 0 Å². The van der Waals surface area contributed by atoms with E-state index in [-0.39, 0.29) is 0 Å². The van der Waals surface area contributed by atoms with Crippen molar-refractivity contribution in [3.8, 4) is 6.07 Å². The number of rotatable bonds is 5. The Labute approximate surface area is 206 Å². The fourth-order valence-electron chi connectivity index (χ4n) is 4.50. The number of anilines is 1. The third kappa shape index (κ3) is 4.23. The van der Waals surface area contributed by atoms with Crippen molar-refractivity contribution in [3.63, 3.8) is 0 Å². The molecule has 3 heteroatoms. The largest absolute Gasteiger partial charge is 0.472 e. The predicted octanol–water partition coefficient (Wildman–Crippen LogP) is 7.02. The monoisotopic (exact) mass is 454 g/mol. The third-order valence-electron chi connectivity index (χ3n) is 6.35. The number of nitriles is 1. The van der Waals surface area contributed by atoms with E-state index in [4.69, 9.17) is 4.74 Å². The van der Waals surface area contributed by atoms with Crippen LogP contribution in [0.2, 0.25) is 0 Å². The van der Waals surface area contributed by atoms with Crippen LogP contribution in [-0.2, 0) is 10.3 Å². The molecule has 0 spiro atoms. The molecule has 0 radical (unpaired) electrons. The molecule has 5 rings (SSSR count). The highest BCUT2D eigenvalue weighted by molar-refractivity contribution is 5.76. The summed E-state index contributed by atoms with van der Waals surface area (Å²) in [5.74, 6) is 0.776. The smallest absolute Gasteiger partial charge is 0.184 e. The van der Waals surface area contributed by atoms with Crippen LogP contribution in [0.3, 0.4) is 0 Å². The van der Waals surface area contributed by atoms with Crippen molar-refractivity contribution in [1.29, 1.82) is 5.26 Å². The molecule has 1 aliphatic rings. The Morgan fingerprint density at radius 3 is 1.83 bits per heavy atom. The Kier molecular flexibility index (Phi) is 5.95. The van der Waals surface area contributed by atoms with E-state index in [9.17, 15) is 5.26 Å². The van der Waals surface area contributed by atoms with E-state index in [1.54, 1.807) is 0 Å². The molecule has 0 saturated carbocycles. The topological polar surface area (TPSA) is 36.3 Å². The molecule has 0 amide bonds. The van der Waals surface area contributed by atoms with Gasteiger partial charge in [-0.2, -0.15) is 5.26 Å². The molecule has 0 unspecified atom stereocenters. The molecule has 4 aromatic carbocycles. The minimum Gasteiger partial charge on any atom is -0.472 e. The van der Waals surface area contributed by atoms with Crippen LogP contribution in [0.1, 0.15) is 27.8 Å². The Bertz CT molecular complexity index is 1370. The summed E-state index contributed by atoms with van der Waals surface area (Å²) in [5.41, 5.74) is 6.18. The van der Waals surface area contributed by atoms with Gasteiger partial charge in [-0.1, -0.05) is 72.8 Å². The van der Waals surface area contributed by atoms with E-state index in [0.29, 0.717) is 5.56 Å². The van der Waals surface area contributed by atoms with Crippen LogP contribution in [0.5, 0.6) is 0 Å². The molecule has 170 valence electrons. The van der Waals surface area contributed by atoms with Crippen molar-refractivity contribution in [2.75, 3.05) is 19.0 Å². The van der Waals surface area contributed by atoms with Crippen LogP contribution in [0.25, 0.3) is 11.8 Å². The summed E-state index contributed by atoms with van der Waals surface area (Å²) in [6, 6.07) is 39.0. The normalized spacial score (nSPS) is 15.2. The van der Waals surface area contributed by atoms with Crippen LogP contribution >= 0.6 is 0 Å². The molecule has 1 aliphatic heterocycles. The molecular formula is C32H26N2O. The first-order valence-electron chi connectivity index (χ1n) is 11.6. The van der Waals surface area contributed by atoms with Crippen LogP contribution in [-0.4, -0.2) is 14.1 Å². The standard InChI is InChI=1S/C32H26N2O/c1-34(2)30-19-15-24(16-20-30)21-29-22-31(26-17-13-25(23-33)14-18-26)35-32(29,27-9-5-3-6-10-27)28-11-7-4-8-12-28/h3-22H,1-2H3/b29-21+. The average Bonchev–Trinajstić information content (AvgIpc) is 3.30. The minimum atomic E-state index is -0.800. The highest BCUT2D eigenvalue weighted by Crippen LogP contribution is 2.50. The van der Waals surface area contributed by atoms with Crippen LogP contribution in [0, 0.1) is 11.3 Å². The summed E-state index contributed by atoms with van der Waals surface area (Å²) in [4.78, 5) is 2.09. The Morgan fingerprint density at radius 1 is 0.743 bits per heavy atom. The average molecular weight is 455 g/mol. The summed E-state index contributed by atoms with van der Waals surface area (Å²) < 4.78 is 6.93. The maximum atomic E-state index is 9.23. The summed E-state index contributed by atoms with van der Waals surface area (Å²) in [7, 11) is 4.08. The van der Waals surface area contributed by atoms with Gasteiger partial charge in [-0.25, -0.2) is 0 Å². The number of nitrogens with zero attached hydrogens (tertiary/aromatic N) is 2. The lowest BCUT2D eigenvalue weighted by Crippen LogP contribution is -2.29. The molecule has 0 saturated heterocycles. The van der Waals surface area contributed by atoms with Crippen molar-refractivity contribution in [2.45, 2.75) is 5.60 Å². The molecule has 1 heterocycles. The number of hydrogen-bond donors (Lipinski definition) is 0. The number of ether oxygens (including phenoxy) is 1. The van der Waals surface area contributed by atoms with Gasteiger partial charge in [0, 0.05) is 42.0 Å². The molecule has 0 bridgehead atoms. The molecule has 0 aromatic heterocycles. The van der Waals surface area contributed by atoms with Gasteiger partial charge in [0.2, 0.25) is 0 Å². The zero-order chi connectivity index (χ0) is 24.3. The van der Waals surface area contributed by atoms with E-state index < -0.39 is 5.60 Å². The van der Waals surface area contributed by atoms with Gasteiger partial charge in [0.15, 0.2) is 5.60 Å². The van der Waals surface area contributed by atoms with Crippen molar-refractivity contribution in [1.82, 2.24) is 0 Å². The lowest BCUT2D eigenvalue weighted by atomic mass is 9.80. The van der Waals surface area contributed by atoms with Crippen molar-refractivity contribution in [2.24, 2.45) is 0 Å². The van der Waals surface area contributed by atoms with Gasteiger partial charge >= 0.3 is 0 Å². The highest BCUT2D eigenvalue weighted by Gasteiger charge is 2.44. The van der Waals surface area contributed by atoms with Gasteiger partial charge in [0.05, 0.1) is 11.6 Å². The van der Waals surface area contributed by atoms with Crippen molar-refractivity contribution < 1.29 is 4.74 Å². The maximum absolute atomic E-state index is 9.23. The van der Waals surface area contributed by atoms with Gasteiger partial charge in [-0.3, -0.25) is 0 Å². The van der Waals surface area contributed by atoms with Gasteiger partial charge in [-0.05, 0) is 54.1 Å². The first-order chi connectivity index (χ1) is 17.1. The fourth-order valence-corrected chi connectivity index (χ4v) is 4.50. The highest BCUT2D eigenvalue weighted by atomic mass is 16.5. The molecular weight excluding hydrogens is 428 g/mol. The second-order valence-corrected chi connectivity index (χ2v) is 8.80. The molecule has 35 heavy (non-hydrogen) atoms. The van der Waals surface area contributed by atoms with Crippen LogP contribution in [0.15, 0.2) is 121 Å². The van der Waals surface area contributed by atoms with Crippen LogP contribution in [0.4, 0.5) is 5.69 Å². The summed E-state index contributed by atoms with van der Waals surface area (Å²) in [5, 5.41) is 9.23. The fraction of sp³-hybridized carbons (Fsp3) is 0.0938. The molecule has 0 N–H and O–H groups in total. The molecule has 0 aliphatic carbocycles. The van der Waals surface area contributed by atoms with Crippen molar-refractivity contribution >= 4 is 17.5 Å². The molecule has 3 nitrogen and oxygen atoms in total. The van der Waals surface area contributed by atoms with Crippen LogP contribution < -0.4 is 4.90 Å². The second-order valence-electron chi connectivity index (χ2n) is 8.80. The quantitative estimate of drug-likeness (QED) is 0.325. The number of benzene rings is 4. The predicted molar refractivity (Wildman–Crippen MR) is 143 cm³/mol. The SMILES string of the molecule is CN(C)c1ccc(/C=C2\C=C(c3ccc(C#N)cc3)OC2(c2ccccc2)c2ccccc2)cc1. The molecule has 0 atom stereocenters. The third-order valence-corrected chi connectivity index (χ3v) is 6.35. The number of hydrogen-bond acceptors (Lipinski definition) is 3. The molecule has 4 aromatic rings. The minimum absolute atomic E-state index is 0.626. The van der Waals surface area contributed by atoms with Crippen molar-refractivity contribution in [3.05, 3.63) is 149 Å². The van der Waals surface area contributed by atoms with E-state index in [2.05, 4.69) is 71.7 Å². The second kappa shape index (κ2) is 9.37. The lowest BCUT2D eigenvalue weighted by Gasteiger charge is -2.33. The van der Waals surface area contributed by atoms with Gasteiger partial charge in [0.1, 0.15) is 5.76 Å². The zero-order valence-electron chi connectivity index (χ0n) is 19.8. The van der Waals surface area contributed by atoms with E-state index >= 15 is 0 Å². The summed E-state index contributed by atoms with van der Waals surface area (Å²) in [6.45, 7) is 0. The summed E-state index contributed by atoms with van der Waals surface area (Å²) in [6.07, 6.45) is 4.33. The van der Waals surface area contributed by atoms with E-state index in [1.807, 2.05) is 74.8 Å². The molecule has 0 fully saturated rings. The maximum Gasteiger partial charge on any atom is 0.184 e. The Hall–Kier alpha value is -4.55. The Morgan fingerprint density at radius 2 is 1.31 bits per heavy atom. The first-order valence-corrected chi connectivity index (χ1v) is 11.6. The van der Waals surface area contributed by atoms with Gasteiger partial charge < -0.3 is 9.64 Å². The van der Waals surface area contributed by atoms with Gasteiger partial charge in [0.25, 0.3) is 0 Å². The van der Waals surface area contributed by atoms with E-state index in [0.717, 1.165) is 39.3 Å².